The van der Waals surface area contributed by atoms with Crippen LogP contribution in [0.5, 0.6) is 0 Å². The smallest absolute Gasteiger partial charge is 0.226 e. The molecule has 146 valence electrons. The summed E-state index contributed by atoms with van der Waals surface area (Å²) >= 11 is 0. The molecular formula is C20H30N6O. The topological polar surface area (TPSA) is 68.0 Å². The van der Waals surface area contributed by atoms with Crippen molar-refractivity contribution in [3.8, 4) is 0 Å². The van der Waals surface area contributed by atoms with Gasteiger partial charge in [0, 0.05) is 38.9 Å². The van der Waals surface area contributed by atoms with Crippen molar-refractivity contribution in [2.45, 2.75) is 71.1 Å². The SMILES string of the molecule is Cc1cc(CN2CCn3cc(CC(=O)NC4CCCC4)nc3[C@@H]2C)n(C)n1. The fourth-order valence-corrected chi connectivity index (χ4v) is 4.43. The monoisotopic (exact) mass is 370 g/mol. The number of carbonyl (C=O) groups is 1. The number of rotatable bonds is 5. The number of aryl methyl sites for hydroxylation is 2. The van der Waals surface area contributed by atoms with Gasteiger partial charge in [-0.15, -0.1) is 0 Å². The minimum atomic E-state index is 0.104. The molecule has 1 aliphatic carbocycles. The number of hydrogen-bond donors (Lipinski definition) is 1. The molecule has 1 amide bonds. The molecule has 7 heteroatoms. The van der Waals surface area contributed by atoms with E-state index in [4.69, 9.17) is 4.98 Å². The third-order valence-electron chi connectivity index (χ3n) is 5.93. The Labute approximate surface area is 160 Å². The van der Waals surface area contributed by atoms with Crippen LogP contribution in [0.1, 0.15) is 61.6 Å². The van der Waals surface area contributed by atoms with Gasteiger partial charge in [0.25, 0.3) is 0 Å². The second-order valence-corrected chi connectivity index (χ2v) is 8.06. The molecule has 0 spiro atoms. The maximum absolute atomic E-state index is 12.3. The van der Waals surface area contributed by atoms with E-state index < -0.39 is 0 Å². The molecule has 2 aliphatic rings. The first-order valence-corrected chi connectivity index (χ1v) is 10.1. The standard InChI is InChI=1S/C20H30N6O/c1-14-10-18(24(3)23-14)13-25-8-9-26-12-17(22-20(26)15(25)2)11-19(27)21-16-6-4-5-7-16/h10,12,15-16H,4-9,11,13H2,1-3H3,(H,21,27)/t15-/m0/s1. The number of hydrogen-bond acceptors (Lipinski definition) is 4. The van der Waals surface area contributed by atoms with Crippen molar-refractivity contribution < 1.29 is 4.79 Å². The van der Waals surface area contributed by atoms with E-state index in [9.17, 15) is 4.79 Å². The molecule has 0 radical (unpaired) electrons. The van der Waals surface area contributed by atoms with Crippen molar-refractivity contribution in [1.29, 1.82) is 0 Å². The molecule has 7 nitrogen and oxygen atoms in total. The first kappa shape index (κ1) is 18.2. The minimum absolute atomic E-state index is 0.104. The Bertz CT molecular complexity index is 817. The Balaban J connectivity index is 1.41. The van der Waals surface area contributed by atoms with E-state index in [2.05, 4.69) is 39.1 Å². The van der Waals surface area contributed by atoms with Crippen LogP contribution in [-0.4, -0.2) is 42.7 Å². The molecule has 2 aromatic rings. The molecule has 1 aliphatic heterocycles. The molecule has 0 unspecified atom stereocenters. The van der Waals surface area contributed by atoms with Crippen molar-refractivity contribution >= 4 is 5.91 Å². The number of nitrogens with one attached hydrogen (secondary N) is 1. The lowest BCUT2D eigenvalue weighted by atomic mass is 10.2. The fourth-order valence-electron chi connectivity index (χ4n) is 4.43. The summed E-state index contributed by atoms with van der Waals surface area (Å²) in [4.78, 5) is 19.6. The van der Waals surface area contributed by atoms with Gasteiger partial charge in [-0.2, -0.15) is 5.10 Å². The lowest BCUT2D eigenvalue weighted by molar-refractivity contribution is -0.121. The third-order valence-corrected chi connectivity index (χ3v) is 5.93. The Morgan fingerprint density at radius 3 is 2.78 bits per heavy atom. The van der Waals surface area contributed by atoms with Gasteiger partial charge in [-0.05, 0) is 32.8 Å². The zero-order valence-corrected chi connectivity index (χ0v) is 16.6. The van der Waals surface area contributed by atoms with Gasteiger partial charge < -0.3 is 9.88 Å². The van der Waals surface area contributed by atoms with E-state index in [1.54, 1.807) is 0 Å². The summed E-state index contributed by atoms with van der Waals surface area (Å²) in [7, 11) is 2.00. The lowest BCUT2D eigenvalue weighted by Gasteiger charge is -2.33. The molecule has 2 aromatic heterocycles. The van der Waals surface area contributed by atoms with Crippen molar-refractivity contribution in [2.24, 2.45) is 7.05 Å². The third kappa shape index (κ3) is 3.93. The molecule has 1 atom stereocenters. The van der Waals surface area contributed by atoms with Crippen LogP contribution in [0.15, 0.2) is 12.3 Å². The van der Waals surface area contributed by atoms with Crippen molar-refractivity contribution in [3.63, 3.8) is 0 Å². The molecule has 4 rings (SSSR count). The second kappa shape index (κ2) is 7.46. The average Bonchev–Trinajstić information content (AvgIpc) is 3.32. The molecule has 0 aromatic carbocycles. The van der Waals surface area contributed by atoms with Crippen molar-refractivity contribution in [3.05, 3.63) is 35.2 Å². The Morgan fingerprint density at radius 1 is 1.30 bits per heavy atom. The summed E-state index contributed by atoms with van der Waals surface area (Å²) in [6.07, 6.45) is 7.13. The number of carbonyl (C=O) groups excluding carboxylic acids is 1. The highest BCUT2D eigenvalue weighted by molar-refractivity contribution is 5.78. The fraction of sp³-hybridized carbons (Fsp3) is 0.650. The summed E-state index contributed by atoms with van der Waals surface area (Å²) < 4.78 is 4.18. The van der Waals surface area contributed by atoms with Crippen LogP contribution in [0.4, 0.5) is 0 Å². The zero-order chi connectivity index (χ0) is 19.0. The zero-order valence-electron chi connectivity index (χ0n) is 16.6. The van der Waals surface area contributed by atoms with Crippen LogP contribution in [-0.2, 0) is 31.4 Å². The summed E-state index contributed by atoms with van der Waals surface area (Å²) in [6, 6.07) is 2.74. The molecule has 0 bridgehead atoms. The Hall–Kier alpha value is -2.15. The quantitative estimate of drug-likeness (QED) is 0.875. The molecule has 1 fully saturated rings. The summed E-state index contributed by atoms with van der Waals surface area (Å²) in [5.74, 6) is 1.16. The van der Waals surface area contributed by atoms with Gasteiger partial charge >= 0.3 is 0 Å². The van der Waals surface area contributed by atoms with Gasteiger partial charge in [0.05, 0.1) is 29.5 Å². The highest BCUT2D eigenvalue weighted by atomic mass is 16.1. The van der Waals surface area contributed by atoms with Gasteiger partial charge in [0.15, 0.2) is 0 Å². The van der Waals surface area contributed by atoms with Crippen LogP contribution < -0.4 is 5.32 Å². The van der Waals surface area contributed by atoms with Gasteiger partial charge in [-0.25, -0.2) is 4.98 Å². The van der Waals surface area contributed by atoms with Crippen LogP contribution in [0.2, 0.25) is 0 Å². The van der Waals surface area contributed by atoms with E-state index in [-0.39, 0.29) is 11.9 Å². The second-order valence-electron chi connectivity index (χ2n) is 8.06. The minimum Gasteiger partial charge on any atom is -0.353 e. The van der Waals surface area contributed by atoms with E-state index in [1.165, 1.54) is 18.5 Å². The van der Waals surface area contributed by atoms with Crippen LogP contribution in [0, 0.1) is 6.92 Å². The first-order chi connectivity index (χ1) is 13.0. The average molecular weight is 371 g/mol. The van der Waals surface area contributed by atoms with Gasteiger partial charge in [0.1, 0.15) is 5.82 Å². The number of amides is 1. The molecule has 1 saturated carbocycles. The largest absolute Gasteiger partial charge is 0.353 e. The maximum Gasteiger partial charge on any atom is 0.226 e. The van der Waals surface area contributed by atoms with E-state index >= 15 is 0 Å². The molecule has 27 heavy (non-hydrogen) atoms. The Kier molecular flexibility index (Phi) is 5.04. The predicted octanol–water partition coefficient (Wildman–Crippen LogP) is 2.10. The van der Waals surface area contributed by atoms with Crippen LogP contribution >= 0.6 is 0 Å². The van der Waals surface area contributed by atoms with E-state index in [0.717, 1.165) is 49.7 Å². The van der Waals surface area contributed by atoms with Crippen LogP contribution in [0.3, 0.4) is 0 Å². The van der Waals surface area contributed by atoms with Gasteiger partial charge in [-0.1, -0.05) is 12.8 Å². The number of nitrogens with zero attached hydrogens (tertiary/aromatic N) is 5. The summed E-state index contributed by atoms with van der Waals surface area (Å²) in [6.45, 7) is 6.97. The van der Waals surface area contributed by atoms with Gasteiger partial charge in [-0.3, -0.25) is 14.4 Å². The summed E-state index contributed by atoms with van der Waals surface area (Å²) in [5.41, 5.74) is 3.15. The maximum atomic E-state index is 12.3. The lowest BCUT2D eigenvalue weighted by Crippen LogP contribution is -2.36. The predicted molar refractivity (Wildman–Crippen MR) is 103 cm³/mol. The van der Waals surface area contributed by atoms with Crippen molar-refractivity contribution in [2.75, 3.05) is 6.54 Å². The van der Waals surface area contributed by atoms with Gasteiger partial charge in [0.2, 0.25) is 5.91 Å². The number of fused-ring (bicyclic) bond motifs is 1. The highest BCUT2D eigenvalue weighted by Gasteiger charge is 2.27. The van der Waals surface area contributed by atoms with Crippen molar-refractivity contribution in [1.82, 2.24) is 29.5 Å². The normalized spacial score (nSPS) is 20.8. The van der Waals surface area contributed by atoms with E-state index in [1.807, 2.05) is 18.7 Å². The number of aromatic nitrogens is 4. The van der Waals surface area contributed by atoms with E-state index in [0.29, 0.717) is 12.5 Å². The van der Waals surface area contributed by atoms with Crippen LogP contribution in [0.25, 0.3) is 0 Å². The molecular weight excluding hydrogens is 340 g/mol. The first-order valence-electron chi connectivity index (χ1n) is 10.1. The molecule has 3 heterocycles. The Morgan fingerprint density at radius 2 is 2.07 bits per heavy atom. The highest BCUT2D eigenvalue weighted by Crippen LogP contribution is 2.26. The molecule has 0 saturated heterocycles. The summed E-state index contributed by atoms with van der Waals surface area (Å²) in [5, 5.41) is 7.61. The number of imidazole rings is 1. The molecule has 1 N–H and O–H groups in total.